The van der Waals surface area contributed by atoms with Gasteiger partial charge in [-0.2, -0.15) is 20.7 Å². The Balaban J connectivity index is 0.000000215. The molecule has 24 heteroatoms. The van der Waals surface area contributed by atoms with Gasteiger partial charge in [0.1, 0.15) is 23.8 Å². The number of likely N-dealkylation sites (tertiary alicyclic amines) is 1. The highest BCUT2D eigenvalue weighted by atomic mass is 35.5. The van der Waals surface area contributed by atoms with E-state index in [9.17, 15) is 34.2 Å². The maximum atomic E-state index is 12.5. The van der Waals surface area contributed by atoms with Gasteiger partial charge >= 0.3 is 18.0 Å². The number of benzene rings is 4. The summed E-state index contributed by atoms with van der Waals surface area (Å²) in [5, 5.41) is 58.1. The molecule has 0 saturated carbocycles. The lowest BCUT2D eigenvalue weighted by Gasteiger charge is -2.27. The number of aliphatic carboxylic acids is 1. The van der Waals surface area contributed by atoms with Gasteiger partial charge in [-0.05, 0) is 80.4 Å². The highest BCUT2D eigenvalue weighted by Gasteiger charge is 2.41. The van der Waals surface area contributed by atoms with Gasteiger partial charge in [-0.15, -0.1) is 12.4 Å². The van der Waals surface area contributed by atoms with E-state index in [1.165, 1.54) is 45.9 Å². The van der Waals surface area contributed by atoms with E-state index >= 15 is 0 Å². The highest BCUT2D eigenvalue weighted by Crippen LogP contribution is 2.25. The summed E-state index contributed by atoms with van der Waals surface area (Å²) >= 11 is 0. The number of halogens is 1. The number of ether oxygens (including phenoxy) is 3. The number of nitrogens with zero attached hydrogens (tertiary/aromatic N) is 11. The van der Waals surface area contributed by atoms with Crippen molar-refractivity contribution in [3.8, 4) is 68.9 Å². The van der Waals surface area contributed by atoms with Crippen LogP contribution in [0.2, 0.25) is 0 Å². The van der Waals surface area contributed by atoms with Gasteiger partial charge in [0.05, 0.1) is 92.3 Å². The number of aromatic nitrogens is 8. The van der Waals surface area contributed by atoms with Gasteiger partial charge in [-0.3, -0.25) is 19.3 Å². The summed E-state index contributed by atoms with van der Waals surface area (Å²) in [4.78, 5) is 77.4. The number of carbonyl (C=O) groups is 3. The van der Waals surface area contributed by atoms with Crippen molar-refractivity contribution < 1.29 is 43.9 Å². The number of aliphatic hydroxyl groups is 1. The lowest BCUT2D eigenvalue weighted by Crippen LogP contribution is -2.43. The Morgan fingerprint density at radius 1 is 0.694 bits per heavy atom. The standard InChI is InChI=1S/C27H22N6O4.C22H15N5O2.C11H19NO5.CH4.ClH/c28-12-17-3-1-5-19(9-17)23-7-8-25(34)33(32-23)16-18-4-2-6-20(10-18)26-30-14-22(15-31-26)37-21-11-24(27(35)36)29-13-21;23-11-15-3-1-5-17(9-15)20-7-8-21(29)27(26-20)14-16-4-2-6-18(10-16)22-24-12-19(28)13-25-22;1-11(2,3)17-10(15)12-6-7(13)5-8(12)9(14)16-4;;/h1-10,14-15,21,24,29H,11,13,16H2,(H,35,36);1-10,12-13,28H,14H2;7-8,13H,5-6H2,1-4H3;1H4;1H/t21-,24-;;7-,8+;;/m0.1../s1. The molecule has 0 spiro atoms. The van der Waals surface area contributed by atoms with Crippen LogP contribution in [0.1, 0.15) is 63.3 Å². The average Bonchev–Trinajstić information content (AvgIpc) is 4.20. The van der Waals surface area contributed by atoms with Gasteiger partial charge in [-0.25, -0.2) is 38.9 Å². The lowest BCUT2D eigenvalue weighted by atomic mass is 10.1. The molecule has 85 heavy (non-hydrogen) atoms. The normalized spacial score (nSPS) is 15.8. The number of methoxy groups -OCH3 is 1. The van der Waals surface area contributed by atoms with E-state index in [1.807, 2.05) is 60.7 Å². The first kappa shape index (κ1) is 64.0. The molecule has 4 aromatic heterocycles. The Labute approximate surface area is 494 Å². The second-order valence-electron chi connectivity index (χ2n) is 20.1. The molecule has 2 aliphatic rings. The van der Waals surface area contributed by atoms with Crippen LogP contribution in [-0.2, 0) is 32.2 Å². The van der Waals surface area contributed by atoms with Gasteiger partial charge in [0.15, 0.2) is 23.1 Å². The number of aliphatic hydroxyl groups excluding tert-OH is 1. The summed E-state index contributed by atoms with van der Waals surface area (Å²) in [6, 6.07) is 38.2. The minimum absolute atomic E-state index is 0. The first-order valence-corrected chi connectivity index (χ1v) is 25.9. The van der Waals surface area contributed by atoms with Crippen molar-refractivity contribution in [1.82, 2.24) is 49.7 Å². The second-order valence-corrected chi connectivity index (χ2v) is 20.1. The molecular weight excluding hydrogens is 1110 g/mol. The molecule has 2 aliphatic heterocycles. The van der Waals surface area contributed by atoms with E-state index in [0.29, 0.717) is 52.9 Å². The largest absolute Gasteiger partial charge is 0.505 e. The number of aromatic hydroxyl groups is 1. The van der Waals surface area contributed by atoms with Crippen molar-refractivity contribution in [2.24, 2.45) is 0 Å². The van der Waals surface area contributed by atoms with Crippen LogP contribution in [0.3, 0.4) is 0 Å². The number of nitrogens with one attached hydrogen (secondary N) is 1. The maximum Gasteiger partial charge on any atom is 0.411 e. The molecule has 10 rings (SSSR count). The fourth-order valence-corrected chi connectivity index (χ4v) is 8.76. The van der Waals surface area contributed by atoms with E-state index in [2.05, 4.69) is 52.3 Å². The summed E-state index contributed by atoms with van der Waals surface area (Å²) in [6.07, 6.45) is 4.77. The Hall–Kier alpha value is -10.2. The number of carbonyl (C=O) groups excluding carboxylic acids is 2. The average molecular weight is 1170 g/mol. The summed E-state index contributed by atoms with van der Waals surface area (Å²) in [7, 11) is 1.25. The van der Waals surface area contributed by atoms with E-state index in [4.69, 9.17) is 25.1 Å². The van der Waals surface area contributed by atoms with Crippen molar-refractivity contribution in [2.75, 3.05) is 20.2 Å². The third kappa shape index (κ3) is 17.4. The van der Waals surface area contributed by atoms with Crippen LogP contribution >= 0.6 is 12.4 Å². The molecule has 6 heterocycles. The quantitative estimate of drug-likeness (QED) is 0.0889. The minimum Gasteiger partial charge on any atom is -0.505 e. The number of esters is 1. The predicted octanol–water partition coefficient (Wildman–Crippen LogP) is 7.06. The smallest absolute Gasteiger partial charge is 0.411 e. The molecule has 0 bridgehead atoms. The van der Waals surface area contributed by atoms with E-state index in [-0.39, 0.29) is 68.9 Å². The van der Waals surface area contributed by atoms with E-state index in [1.54, 1.807) is 81.7 Å². The molecular formula is C61H61ClN12O11. The van der Waals surface area contributed by atoms with Gasteiger partial charge in [0.2, 0.25) is 0 Å². The lowest BCUT2D eigenvalue weighted by molar-refractivity contribution is -0.145. The topological polar surface area (TPSA) is 324 Å². The molecule has 8 aromatic rings. The van der Waals surface area contributed by atoms with Crippen molar-refractivity contribution in [3.63, 3.8) is 0 Å². The molecule has 0 aliphatic carbocycles. The number of rotatable bonds is 12. The van der Waals surface area contributed by atoms with Crippen LogP contribution in [0.5, 0.6) is 11.5 Å². The second kappa shape index (κ2) is 29.2. The number of β-amino-alcohol motifs (C(OH)–C–C–N with tert-alkyl or cyclic N) is 1. The van der Waals surface area contributed by atoms with Crippen molar-refractivity contribution >= 4 is 30.4 Å². The molecule has 0 radical (unpaired) electrons. The van der Waals surface area contributed by atoms with Crippen LogP contribution in [0.25, 0.3) is 45.3 Å². The summed E-state index contributed by atoms with van der Waals surface area (Å²) in [6.45, 7) is 6.28. The van der Waals surface area contributed by atoms with Crippen molar-refractivity contribution in [2.45, 2.75) is 84.0 Å². The number of hydrogen-bond acceptors (Lipinski definition) is 19. The predicted molar refractivity (Wildman–Crippen MR) is 314 cm³/mol. The monoisotopic (exact) mass is 1170 g/mol. The highest BCUT2D eigenvalue weighted by molar-refractivity contribution is 5.85. The zero-order valence-corrected chi connectivity index (χ0v) is 46.7. The molecule has 2 saturated heterocycles. The number of hydrogen-bond donors (Lipinski definition) is 4. The van der Waals surface area contributed by atoms with Gasteiger partial charge in [0.25, 0.3) is 11.1 Å². The Morgan fingerprint density at radius 3 is 1.64 bits per heavy atom. The van der Waals surface area contributed by atoms with Crippen LogP contribution < -0.4 is 21.2 Å². The number of carboxylic acid groups (broad SMARTS) is 1. The third-order valence-corrected chi connectivity index (χ3v) is 12.7. The van der Waals surface area contributed by atoms with Crippen LogP contribution in [0.4, 0.5) is 4.79 Å². The van der Waals surface area contributed by atoms with Crippen molar-refractivity contribution in [1.29, 1.82) is 10.5 Å². The minimum atomic E-state index is -0.894. The zero-order chi connectivity index (χ0) is 59.2. The number of carboxylic acids is 1. The maximum absolute atomic E-state index is 12.5. The molecule has 4 N–H and O–H groups in total. The molecule has 1 amide bonds. The fraction of sp³-hybridized carbons (Fsp3) is 0.262. The molecule has 0 unspecified atom stereocenters. The first-order chi connectivity index (χ1) is 39.8. The van der Waals surface area contributed by atoms with E-state index in [0.717, 1.165) is 33.4 Å². The zero-order valence-electron chi connectivity index (χ0n) is 45.8. The van der Waals surface area contributed by atoms with Gasteiger partial charge in [0, 0.05) is 53.8 Å². The summed E-state index contributed by atoms with van der Waals surface area (Å²) < 4.78 is 18.3. The Bertz CT molecular complexity index is 3840. The fourth-order valence-electron chi connectivity index (χ4n) is 8.76. The van der Waals surface area contributed by atoms with Gasteiger partial charge in [-0.1, -0.05) is 68.1 Å². The third-order valence-electron chi connectivity index (χ3n) is 12.7. The Kier molecular flexibility index (Phi) is 22.0. The van der Waals surface area contributed by atoms with E-state index < -0.39 is 41.8 Å². The molecule has 23 nitrogen and oxygen atoms in total. The Morgan fingerprint density at radius 2 is 1.18 bits per heavy atom. The molecule has 4 aromatic carbocycles. The SMILES string of the molecule is C.COC(=O)[C@@H]1C[C@@H](O)CN1C(=O)OC(C)(C)C.Cl.N#Cc1cccc(-c2ccc(=O)n(Cc3cccc(-c4ncc(O)cn4)c3)n2)c1.N#Cc1cccc(-c2ccc(=O)n(Cc3cccc(-c4ncc(O[C@@H]5CN[C@H](C(=O)O)C5)cn4)c3)n2)c1. The van der Waals surface area contributed by atoms with Crippen LogP contribution in [0, 0.1) is 22.7 Å². The molecule has 438 valence electrons. The first-order valence-electron chi connectivity index (χ1n) is 25.9. The number of amides is 1. The van der Waals surface area contributed by atoms with Crippen molar-refractivity contribution in [3.05, 3.63) is 189 Å². The molecule has 2 fully saturated rings. The molecule has 4 atom stereocenters. The van der Waals surface area contributed by atoms with Crippen LogP contribution in [0.15, 0.2) is 156 Å². The van der Waals surface area contributed by atoms with Gasteiger partial charge < -0.3 is 34.8 Å². The van der Waals surface area contributed by atoms with Crippen LogP contribution in [-0.4, -0.2) is 128 Å². The summed E-state index contributed by atoms with van der Waals surface area (Å²) in [5.41, 5.74) is 5.92. The number of nitriles is 2. The summed E-state index contributed by atoms with van der Waals surface area (Å²) in [5.74, 6) is 0.00246.